The van der Waals surface area contributed by atoms with Crippen LogP contribution in [0.1, 0.15) is 18.7 Å². The maximum atomic E-state index is 12.2. The van der Waals surface area contributed by atoms with Gasteiger partial charge in [-0.3, -0.25) is 9.59 Å². The van der Waals surface area contributed by atoms with Gasteiger partial charge in [0.2, 0.25) is 11.8 Å². The van der Waals surface area contributed by atoms with Crippen molar-refractivity contribution in [3.63, 3.8) is 0 Å². The van der Waals surface area contributed by atoms with Crippen LogP contribution in [0, 0.1) is 6.92 Å². The van der Waals surface area contributed by atoms with Gasteiger partial charge in [0.15, 0.2) is 0 Å². The van der Waals surface area contributed by atoms with E-state index < -0.39 is 6.04 Å². The number of nitrogens with zero attached hydrogens (tertiary/aromatic N) is 2. The average Bonchev–Trinajstić information content (AvgIpc) is 2.78. The second-order valence-electron chi connectivity index (χ2n) is 5.29. The molecule has 6 heteroatoms. The van der Waals surface area contributed by atoms with E-state index in [1.807, 2.05) is 35.8 Å². The molecule has 1 aliphatic heterocycles. The molecule has 1 saturated heterocycles. The van der Waals surface area contributed by atoms with E-state index in [1.165, 1.54) is 0 Å². The first-order valence-corrected chi connectivity index (χ1v) is 7.14. The number of aromatic nitrogens is 2. The second-order valence-corrected chi connectivity index (χ2v) is 5.29. The first-order valence-electron chi connectivity index (χ1n) is 7.14. The third-order valence-electron chi connectivity index (χ3n) is 3.77. The highest BCUT2D eigenvalue weighted by Gasteiger charge is 2.23. The molecule has 0 aliphatic carbocycles. The number of hydrogen-bond donors (Lipinski definition) is 2. The Balaban J connectivity index is 1.74. The van der Waals surface area contributed by atoms with Crippen LogP contribution in [-0.4, -0.2) is 34.0 Å². The highest BCUT2D eigenvalue weighted by atomic mass is 16.2. The Morgan fingerprint density at radius 3 is 3.10 bits per heavy atom. The first-order chi connectivity index (χ1) is 10.1. The maximum Gasteiger partial charge on any atom is 0.242 e. The van der Waals surface area contributed by atoms with Gasteiger partial charge in [-0.15, -0.1) is 0 Å². The predicted molar refractivity (Wildman–Crippen MR) is 78.6 cm³/mol. The smallest absolute Gasteiger partial charge is 0.242 e. The topological polar surface area (TPSA) is 76.0 Å². The zero-order chi connectivity index (χ0) is 14.8. The summed E-state index contributed by atoms with van der Waals surface area (Å²) in [5.41, 5.74) is 1.80. The molecule has 0 spiro atoms. The van der Waals surface area contributed by atoms with Crippen LogP contribution in [-0.2, 0) is 16.1 Å². The molecule has 0 saturated carbocycles. The lowest BCUT2D eigenvalue weighted by Crippen LogP contribution is -2.50. The highest BCUT2D eigenvalue weighted by Crippen LogP contribution is 2.15. The summed E-state index contributed by atoms with van der Waals surface area (Å²) >= 11 is 0. The third kappa shape index (κ3) is 2.74. The molecule has 1 fully saturated rings. The number of aryl methyl sites for hydroxylation is 1. The van der Waals surface area contributed by atoms with Crippen molar-refractivity contribution >= 4 is 22.8 Å². The fourth-order valence-electron chi connectivity index (χ4n) is 2.69. The average molecular weight is 286 g/mol. The second kappa shape index (κ2) is 5.55. The maximum absolute atomic E-state index is 12.2. The monoisotopic (exact) mass is 286 g/mol. The van der Waals surface area contributed by atoms with E-state index in [9.17, 15) is 9.59 Å². The molecule has 1 aromatic carbocycles. The van der Waals surface area contributed by atoms with Crippen LogP contribution in [0.4, 0.5) is 0 Å². The Hall–Kier alpha value is -2.37. The molecular formula is C15H18N4O2. The van der Waals surface area contributed by atoms with Crippen LogP contribution in [0.5, 0.6) is 0 Å². The van der Waals surface area contributed by atoms with E-state index in [-0.39, 0.29) is 18.4 Å². The number of nitrogens with one attached hydrogen (secondary N) is 2. The third-order valence-corrected chi connectivity index (χ3v) is 3.77. The summed E-state index contributed by atoms with van der Waals surface area (Å²) < 4.78 is 1.87. The molecule has 6 nitrogen and oxygen atoms in total. The summed E-state index contributed by atoms with van der Waals surface area (Å²) in [4.78, 5) is 28.3. The van der Waals surface area contributed by atoms with Crippen molar-refractivity contribution < 1.29 is 9.59 Å². The lowest BCUT2D eigenvalue weighted by Gasteiger charge is -2.23. The van der Waals surface area contributed by atoms with Crippen molar-refractivity contribution in [2.45, 2.75) is 32.4 Å². The molecule has 110 valence electrons. The number of benzene rings is 1. The summed E-state index contributed by atoms with van der Waals surface area (Å²) in [7, 11) is 0. The number of rotatable bonds is 3. The fourth-order valence-corrected chi connectivity index (χ4v) is 2.69. The van der Waals surface area contributed by atoms with Crippen molar-refractivity contribution in [1.29, 1.82) is 0 Å². The van der Waals surface area contributed by atoms with Crippen LogP contribution in [0.15, 0.2) is 24.3 Å². The van der Waals surface area contributed by atoms with Gasteiger partial charge >= 0.3 is 0 Å². The summed E-state index contributed by atoms with van der Waals surface area (Å²) in [6.07, 6.45) is 1.59. The number of imidazole rings is 1. The van der Waals surface area contributed by atoms with Gasteiger partial charge in [0, 0.05) is 6.54 Å². The molecule has 2 aromatic rings. The van der Waals surface area contributed by atoms with Gasteiger partial charge < -0.3 is 15.2 Å². The SMILES string of the molecule is Cc1nc2ccccc2n1CC(=O)N[C@@H]1CCCNC1=O. The summed E-state index contributed by atoms with van der Waals surface area (Å²) in [6, 6.07) is 7.29. The minimum absolute atomic E-state index is 0.0955. The standard InChI is InChI=1S/C15H18N4O2/c1-10-17-11-5-2-3-7-13(11)19(10)9-14(20)18-12-6-4-8-16-15(12)21/h2-3,5,7,12H,4,6,8-9H2,1H3,(H,16,21)(H,18,20)/t12-/m1/s1. The predicted octanol–water partition coefficient (Wildman–Crippen LogP) is 0.740. The van der Waals surface area contributed by atoms with Gasteiger partial charge in [-0.2, -0.15) is 0 Å². The van der Waals surface area contributed by atoms with Gasteiger partial charge in [-0.1, -0.05) is 12.1 Å². The van der Waals surface area contributed by atoms with Crippen LogP contribution >= 0.6 is 0 Å². The molecule has 2 heterocycles. The number of amides is 2. The molecule has 0 radical (unpaired) electrons. The normalized spacial score (nSPS) is 18.5. The Kier molecular flexibility index (Phi) is 3.60. The van der Waals surface area contributed by atoms with Gasteiger partial charge in [0.25, 0.3) is 0 Å². The fraction of sp³-hybridized carbons (Fsp3) is 0.400. The molecule has 1 aliphatic rings. The van der Waals surface area contributed by atoms with E-state index in [0.29, 0.717) is 13.0 Å². The minimum atomic E-state index is -0.415. The molecular weight excluding hydrogens is 268 g/mol. The molecule has 0 unspecified atom stereocenters. The lowest BCUT2D eigenvalue weighted by molar-refractivity contribution is -0.130. The molecule has 1 aromatic heterocycles. The van der Waals surface area contributed by atoms with Gasteiger partial charge in [-0.25, -0.2) is 4.98 Å². The van der Waals surface area contributed by atoms with E-state index in [2.05, 4.69) is 15.6 Å². The Morgan fingerprint density at radius 2 is 2.29 bits per heavy atom. The van der Waals surface area contributed by atoms with E-state index in [4.69, 9.17) is 0 Å². The van der Waals surface area contributed by atoms with Crippen molar-refractivity contribution in [1.82, 2.24) is 20.2 Å². The quantitative estimate of drug-likeness (QED) is 0.874. The number of carbonyl (C=O) groups is 2. The summed E-state index contributed by atoms with van der Waals surface area (Å²) in [5, 5.41) is 5.56. The van der Waals surface area contributed by atoms with E-state index >= 15 is 0 Å². The molecule has 1 atom stereocenters. The van der Waals surface area contributed by atoms with E-state index in [0.717, 1.165) is 23.3 Å². The Labute approximate surface area is 122 Å². The van der Waals surface area contributed by atoms with Crippen LogP contribution in [0.25, 0.3) is 11.0 Å². The van der Waals surface area contributed by atoms with Crippen LogP contribution in [0.3, 0.4) is 0 Å². The van der Waals surface area contributed by atoms with Crippen molar-refractivity contribution in [3.05, 3.63) is 30.1 Å². The number of hydrogen-bond acceptors (Lipinski definition) is 3. The van der Waals surface area contributed by atoms with Crippen molar-refractivity contribution in [2.24, 2.45) is 0 Å². The van der Waals surface area contributed by atoms with Gasteiger partial charge in [0.05, 0.1) is 11.0 Å². The van der Waals surface area contributed by atoms with Crippen molar-refractivity contribution in [3.8, 4) is 0 Å². The molecule has 21 heavy (non-hydrogen) atoms. The summed E-state index contributed by atoms with van der Waals surface area (Å²) in [6.45, 7) is 2.74. The largest absolute Gasteiger partial charge is 0.354 e. The molecule has 3 rings (SSSR count). The Morgan fingerprint density at radius 1 is 1.48 bits per heavy atom. The molecule has 2 amide bonds. The number of fused-ring (bicyclic) bond motifs is 1. The summed E-state index contributed by atoms with van der Waals surface area (Å²) in [5.74, 6) is 0.532. The zero-order valence-corrected chi connectivity index (χ0v) is 11.9. The van der Waals surface area contributed by atoms with Crippen LogP contribution < -0.4 is 10.6 Å². The van der Waals surface area contributed by atoms with E-state index in [1.54, 1.807) is 0 Å². The number of piperidine rings is 1. The highest BCUT2D eigenvalue weighted by molar-refractivity contribution is 5.88. The molecule has 2 N–H and O–H groups in total. The molecule has 0 bridgehead atoms. The van der Waals surface area contributed by atoms with Crippen LogP contribution in [0.2, 0.25) is 0 Å². The minimum Gasteiger partial charge on any atom is -0.354 e. The Bertz CT molecular complexity index is 692. The van der Waals surface area contributed by atoms with Crippen molar-refractivity contribution in [2.75, 3.05) is 6.54 Å². The van der Waals surface area contributed by atoms with Gasteiger partial charge in [-0.05, 0) is 31.9 Å². The number of carbonyl (C=O) groups excluding carboxylic acids is 2. The van der Waals surface area contributed by atoms with Gasteiger partial charge in [0.1, 0.15) is 18.4 Å². The number of para-hydroxylation sites is 2. The lowest BCUT2D eigenvalue weighted by atomic mass is 10.1. The zero-order valence-electron chi connectivity index (χ0n) is 11.9. The first kappa shape index (κ1) is 13.6.